The highest BCUT2D eigenvalue weighted by Gasteiger charge is 2.62. The Labute approximate surface area is 180 Å². The molecule has 4 bridgehead atoms. The number of halogens is 1. The maximum atomic E-state index is 13.2. The Kier molecular flexibility index (Phi) is 4.65. The zero-order chi connectivity index (χ0) is 20.9. The van der Waals surface area contributed by atoms with Gasteiger partial charge in [0, 0.05) is 6.54 Å². The number of anilines is 1. The lowest BCUT2D eigenvalue weighted by atomic mass is 9.47. The van der Waals surface area contributed by atoms with Crippen LogP contribution < -0.4 is 10.9 Å². The molecule has 0 saturated heterocycles. The van der Waals surface area contributed by atoms with Crippen LogP contribution in [0.15, 0.2) is 41.3 Å². The molecule has 0 radical (unpaired) electrons. The van der Waals surface area contributed by atoms with E-state index < -0.39 is 16.9 Å². The first-order valence-corrected chi connectivity index (χ1v) is 11.1. The highest BCUT2D eigenvalue weighted by atomic mass is 35.5. The van der Waals surface area contributed by atoms with Crippen LogP contribution >= 0.6 is 11.6 Å². The molecule has 7 heteroatoms. The normalized spacial score (nSPS) is 31.6. The van der Waals surface area contributed by atoms with Gasteiger partial charge < -0.3 is 10.4 Å². The number of aliphatic carboxylic acids is 1. The van der Waals surface area contributed by atoms with Gasteiger partial charge >= 0.3 is 5.97 Å². The highest BCUT2D eigenvalue weighted by molar-refractivity contribution is 6.32. The molecule has 0 amide bonds. The van der Waals surface area contributed by atoms with Crippen molar-refractivity contribution >= 4 is 23.3 Å². The molecular weight excluding hydrogens is 402 g/mol. The van der Waals surface area contributed by atoms with E-state index >= 15 is 0 Å². The standard InChI is InChI=1S/C23H26ClN3O3/c24-19-18(25-7-6-15-4-2-1-3-5-15)13-26-27(20(19)28)23-11-16-8-17(12-23)10-22(9-16,14-23)21(29)30/h1-5,13,16-17,25H,6-12,14H2,(H,29,30)/t16-,17-,22?,23?/m1/s1. The van der Waals surface area contributed by atoms with Gasteiger partial charge in [0.1, 0.15) is 5.02 Å². The van der Waals surface area contributed by atoms with E-state index in [2.05, 4.69) is 22.5 Å². The van der Waals surface area contributed by atoms with Crippen molar-refractivity contribution in [3.8, 4) is 0 Å². The molecule has 1 aromatic carbocycles. The van der Waals surface area contributed by atoms with Crippen molar-refractivity contribution < 1.29 is 9.90 Å². The summed E-state index contributed by atoms with van der Waals surface area (Å²) < 4.78 is 1.52. The van der Waals surface area contributed by atoms with Crippen LogP contribution in [0.3, 0.4) is 0 Å². The van der Waals surface area contributed by atoms with Crippen LogP contribution in [0.1, 0.15) is 44.1 Å². The Morgan fingerprint density at radius 3 is 2.57 bits per heavy atom. The summed E-state index contributed by atoms with van der Waals surface area (Å²) in [6.45, 7) is 0.645. The molecule has 2 aromatic rings. The van der Waals surface area contributed by atoms with Crippen molar-refractivity contribution in [1.29, 1.82) is 0 Å². The number of hydrogen-bond acceptors (Lipinski definition) is 4. The third-order valence-corrected chi connectivity index (χ3v) is 7.79. The fraction of sp³-hybridized carbons (Fsp3) is 0.522. The minimum atomic E-state index is -0.723. The van der Waals surface area contributed by atoms with Crippen molar-refractivity contribution in [2.45, 2.75) is 50.5 Å². The molecule has 4 fully saturated rings. The molecule has 4 aliphatic carbocycles. The van der Waals surface area contributed by atoms with Crippen LogP contribution in [0.4, 0.5) is 5.69 Å². The molecule has 4 saturated carbocycles. The Morgan fingerprint density at radius 2 is 1.90 bits per heavy atom. The van der Waals surface area contributed by atoms with Crippen LogP contribution in [0.25, 0.3) is 0 Å². The van der Waals surface area contributed by atoms with Crippen molar-refractivity contribution in [1.82, 2.24) is 9.78 Å². The average Bonchev–Trinajstić information content (AvgIpc) is 2.71. The fourth-order valence-electron chi connectivity index (χ4n) is 6.59. The SMILES string of the molecule is O=C(O)C12C[C@H]3C[C@H](C1)CC(n1ncc(NCCc4ccccc4)c(Cl)c1=O)(C3)C2. The number of rotatable bonds is 6. The zero-order valence-electron chi connectivity index (χ0n) is 16.8. The predicted octanol–water partition coefficient (Wildman–Crippen LogP) is 3.93. The van der Waals surface area contributed by atoms with E-state index in [1.54, 1.807) is 6.20 Å². The smallest absolute Gasteiger partial charge is 0.309 e. The minimum Gasteiger partial charge on any atom is -0.481 e. The van der Waals surface area contributed by atoms with Gasteiger partial charge in [-0.2, -0.15) is 5.10 Å². The lowest BCUT2D eigenvalue weighted by molar-refractivity contribution is -0.173. The molecule has 158 valence electrons. The van der Waals surface area contributed by atoms with Gasteiger partial charge in [0.2, 0.25) is 0 Å². The molecule has 30 heavy (non-hydrogen) atoms. The zero-order valence-corrected chi connectivity index (χ0v) is 17.6. The van der Waals surface area contributed by atoms with E-state index in [1.165, 1.54) is 10.2 Å². The quantitative estimate of drug-likeness (QED) is 0.729. The second kappa shape index (κ2) is 7.12. The molecule has 0 aliphatic heterocycles. The van der Waals surface area contributed by atoms with Crippen molar-refractivity contribution in [3.05, 3.63) is 57.5 Å². The molecular formula is C23H26ClN3O3. The Bertz CT molecular complexity index is 1020. The Morgan fingerprint density at radius 1 is 1.20 bits per heavy atom. The largest absolute Gasteiger partial charge is 0.481 e. The number of benzene rings is 1. The van der Waals surface area contributed by atoms with Gasteiger partial charge in [-0.25, -0.2) is 4.68 Å². The van der Waals surface area contributed by atoms with Crippen LogP contribution in [0.2, 0.25) is 5.02 Å². The molecule has 2 N–H and O–H groups in total. The number of carboxylic acids is 1. The summed E-state index contributed by atoms with van der Waals surface area (Å²) in [5, 5.41) is 17.8. The van der Waals surface area contributed by atoms with Crippen LogP contribution in [0, 0.1) is 17.3 Å². The number of nitrogens with zero attached hydrogens (tertiary/aromatic N) is 2. The van der Waals surface area contributed by atoms with Crippen molar-refractivity contribution in [3.63, 3.8) is 0 Å². The van der Waals surface area contributed by atoms with Gasteiger partial charge in [-0.1, -0.05) is 41.9 Å². The lowest BCUT2D eigenvalue weighted by Crippen LogP contribution is -2.61. The number of nitrogens with one attached hydrogen (secondary N) is 1. The Hall–Kier alpha value is -2.34. The second-order valence-corrected chi connectivity index (χ2v) is 9.90. The first kappa shape index (κ1) is 19.6. The molecule has 1 heterocycles. The fourth-order valence-corrected chi connectivity index (χ4v) is 6.79. The summed E-state index contributed by atoms with van der Waals surface area (Å²) in [5.41, 5.74) is 0.182. The van der Waals surface area contributed by atoms with E-state index in [4.69, 9.17) is 11.6 Å². The predicted molar refractivity (Wildman–Crippen MR) is 115 cm³/mol. The minimum absolute atomic E-state index is 0.137. The molecule has 0 spiro atoms. The summed E-state index contributed by atoms with van der Waals surface area (Å²) in [7, 11) is 0. The van der Waals surface area contributed by atoms with Crippen LogP contribution in [-0.4, -0.2) is 27.4 Å². The third-order valence-electron chi connectivity index (χ3n) is 7.42. The maximum Gasteiger partial charge on any atom is 0.309 e. The van der Waals surface area contributed by atoms with Crippen LogP contribution in [-0.2, 0) is 16.8 Å². The highest BCUT2D eigenvalue weighted by Crippen LogP contribution is 2.63. The van der Waals surface area contributed by atoms with Crippen molar-refractivity contribution in [2.75, 3.05) is 11.9 Å². The van der Waals surface area contributed by atoms with Gasteiger partial charge in [0.25, 0.3) is 5.56 Å². The van der Waals surface area contributed by atoms with Gasteiger partial charge in [-0.3, -0.25) is 9.59 Å². The van der Waals surface area contributed by atoms with Crippen LogP contribution in [0.5, 0.6) is 0 Å². The summed E-state index contributed by atoms with van der Waals surface area (Å²) in [5.74, 6) is -0.0312. The summed E-state index contributed by atoms with van der Waals surface area (Å²) in [6, 6.07) is 10.1. The van der Waals surface area contributed by atoms with Gasteiger partial charge in [-0.15, -0.1) is 0 Å². The van der Waals surface area contributed by atoms with Gasteiger partial charge in [0.05, 0.1) is 22.8 Å². The van der Waals surface area contributed by atoms with E-state index in [-0.39, 0.29) is 10.6 Å². The molecule has 2 atom stereocenters. The molecule has 6 rings (SSSR count). The van der Waals surface area contributed by atoms with Crippen molar-refractivity contribution in [2.24, 2.45) is 17.3 Å². The first-order chi connectivity index (χ1) is 14.4. The lowest BCUT2D eigenvalue weighted by Gasteiger charge is -2.60. The number of aromatic nitrogens is 2. The van der Waals surface area contributed by atoms with Gasteiger partial charge in [0.15, 0.2) is 0 Å². The van der Waals surface area contributed by atoms with E-state index in [9.17, 15) is 14.7 Å². The molecule has 0 unspecified atom stereocenters. The number of hydrogen-bond donors (Lipinski definition) is 2. The van der Waals surface area contributed by atoms with E-state index in [1.807, 2.05) is 18.2 Å². The molecule has 1 aromatic heterocycles. The summed E-state index contributed by atoms with van der Waals surface area (Å²) >= 11 is 6.47. The first-order valence-electron chi connectivity index (χ1n) is 10.7. The molecule has 4 aliphatic rings. The molecule has 6 nitrogen and oxygen atoms in total. The average molecular weight is 428 g/mol. The summed E-state index contributed by atoms with van der Waals surface area (Å²) in [4.78, 5) is 25.3. The maximum absolute atomic E-state index is 13.2. The van der Waals surface area contributed by atoms with Gasteiger partial charge in [-0.05, 0) is 62.3 Å². The summed E-state index contributed by atoms with van der Waals surface area (Å²) in [6.07, 6.45) is 7.08. The third kappa shape index (κ3) is 3.13. The topological polar surface area (TPSA) is 84.2 Å². The number of carbonyl (C=O) groups is 1. The van der Waals surface area contributed by atoms with E-state index in [0.717, 1.165) is 38.5 Å². The van der Waals surface area contributed by atoms with E-state index in [0.29, 0.717) is 30.5 Å². The Balaban J connectivity index is 1.40. The monoisotopic (exact) mass is 427 g/mol. The number of carboxylic acid groups (broad SMARTS) is 1. The second-order valence-electron chi connectivity index (χ2n) is 9.52.